The molecule has 15 heavy (non-hydrogen) atoms. The summed E-state index contributed by atoms with van der Waals surface area (Å²) in [5, 5.41) is 2.77. The molecule has 3 heteroatoms. The van der Waals surface area contributed by atoms with Gasteiger partial charge in [-0.2, -0.15) is 0 Å². The van der Waals surface area contributed by atoms with E-state index >= 15 is 0 Å². The first-order chi connectivity index (χ1) is 7.15. The first kappa shape index (κ1) is 10.2. The van der Waals surface area contributed by atoms with Gasteiger partial charge in [-0.1, -0.05) is 12.1 Å². The number of amides is 1. The lowest BCUT2D eigenvalue weighted by atomic mass is 10.0. The maximum Gasteiger partial charge on any atom is 0.251 e. The summed E-state index contributed by atoms with van der Waals surface area (Å²) in [5.74, 6) is -0.0223. The van der Waals surface area contributed by atoms with Crippen LogP contribution in [0, 0.1) is 0 Å². The smallest absolute Gasteiger partial charge is 0.251 e. The average molecular weight is 204 g/mol. The van der Waals surface area contributed by atoms with Gasteiger partial charge in [0, 0.05) is 17.6 Å². The molecule has 1 amide bonds. The Balaban J connectivity index is 2.13. The van der Waals surface area contributed by atoms with E-state index in [1.807, 2.05) is 31.2 Å². The van der Waals surface area contributed by atoms with Crippen LogP contribution in [0.1, 0.15) is 35.7 Å². The van der Waals surface area contributed by atoms with Gasteiger partial charge in [0.05, 0.1) is 0 Å². The van der Waals surface area contributed by atoms with E-state index in [1.54, 1.807) is 0 Å². The van der Waals surface area contributed by atoms with Crippen LogP contribution >= 0.6 is 0 Å². The van der Waals surface area contributed by atoms with Crippen molar-refractivity contribution in [1.29, 1.82) is 0 Å². The zero-order valence-corrected chi connectivity index (χ0v) is 8.92. The number of hydrogen-bond acceptors (Lipinski definition) is 2. The number of nitrogens with two attached hydrogens (primary N) is 1. The summed E-state index contributed by atoms with van der Waals surface area (Å²) >= 11 is 0. The van der Waals surface area contributed by atoms with Crippen LogP contribution in [0.4, 0.5) is 0 Å². The highest BCUT2D eigenvalue weighted by atomic mass is 16.1. The molecular formula is C12H16N2O. The van der Waals surface area contributed by atoms with Crippen molar-refractivity contribution < 1.29 is 4.79 Å². The standard InChI is InChI=1S/C12H16N2O/c1-2-14-11(15)9-3-5-10(6-4-9)12(13)7-8-12/h3-6H,2,7-8,13H2,1H3,(H,14,15). The van der Waals surface area contributed by atoms with Gasteiger partial charge >= 0.3 is 0 Å². The van der Waals surface area contributed by atoms with Crippen molar-refractivity contribution in [2.75, 3.05) is 6.54 Å². The lowest BCUT2D eigenvalue weighted by Crippen LogP contribution is -2.23. The minimum absolute atomic E-state index is 0.0223. The minimum atomic E-state index is -0.111. The van der Waals surface area contributed by atoms with E-state index in [4.69, 9.17) is 5.73 Å². The quantitative estimate of drug-likeness (QED) is 0.781. The molecule has 0 spiro atoms. The lowest BCUT2D eigenvalue weighted by molar-refractivity contribution is 0.0956. The third-order valence-electron chi connectivity index (χ3n) is 2.85. The van der Waals surface area contributed by atoms with Crippen LogP contribution in [0.15, 0.2) is 24.3 Å². The van der Waals surface area contributed by atoms with Crippen molar-refractivity contribution in [3.63, 3.8) is 0 Å². The Morgan fingerprint density at radius 1 is 1.40 bits per heavy atom. The van der Waals surface area contributed by atoms with Gasteiger partial charge < -0.3 is 11.1 Å². The SMILES string of the molecule is CCNC(=O)c1ccc(C2(N)CC2)cc1. The number of carbonyl (C=O) groups excluding carboxylic acids is 1. The van der Waals surface area contributed by atoms with Gasteiger partial charge in [-0.05, 0) is 37.5 Å². The normalized spacial score (nSPS) is 17.2. The van der Waals surface area contributed by atoms with E-state index in [-0.39, 0.29) is 11.4 Å². The lowest BCUT2D eigenvalue weighted by Gasteiger charge is -2.09. The molecule has 80 valence electrons. The third-order valence-corrected chi connectivity index (χ3v) is 2.85. The molecule has 3 N–H and O–H groups in total. The van der Waals surface area contributed by atoms with Gasteiger partial charge in [0.2, 0.25) is 0 Å². The summed E-state index contributed by atoms with van der Waals surface area (Å²) in [6.07, 6.45) is 2.10. The molecule has 1 aromatic carbocycles. The van der Waals surface area contributed by atoms with Crippen LogP contribution in [0.25, 0.3) is 0 Å². The Bertz CT molecular complexity index is 366. The van der Waals surface area contributed by atoms with Crippen molar-refractivity contribution in [3.8, 4) is 0 Å². The summed E-state index contributed by atoms with van der Waals surface area (Å²) in [6.45, 7) is 2.56. The number of nitrogens with one attached hydrogen (secondary N) is 1. The van der Waals surface area contributed by atoms with E-state index < -0.39 is 0 Å². The molecule has 0 radical (unpaired) electrons. The van der Waals surface area contributed by atoms with Crippen LogP contribution < -0.4 is 11.1 Å². The van der Waals surface area contributed by atoms with Crippen LogP contribution in [0.3, 0.4) is 0 Å². The van der Waals surface area contributed by atoms with Gasteiger partial charge in [-0.25, -0.2) is 0 Å². The number of benzene rings is 1. The molecule has 1 saturated carbocycles. The van der Waals surface area contributed by atoms with E-state index in [0.717, 1.165) is 18.4 Å². The minimum Gasteiger partial charge on any atom is -0.352 e. The van der Waals surface area contributed by atoms with Gasteiger partial charge in [0.1, 0.15) is 0 Å². The summed E-state index contributed by atoms with van der Waals surface area (Å²) < 4.78 is 0. The maximum atomic E-state index is 11.5. The first-order valence-electron chi connectivity index (χ1n) is 5.33. The van der Waals surface area contributed by atoms with Crippen molar-refractivity contribution >= 4 is 5.91 Å². The molecule has 1 aromatic rings. The van der Waals surface area contributed by atoms with E-state index in [0.29, 0.717) is 12.1 Å². The predicted molar refractivity (Wildman–Crippen MR) is 59.5 cm³/mol. The van der Waals surface area contributed by atoms with Crippen molar-refractivity contribution in [3.05, 3.63) is 35.4 Å². The Morgan fingerprint density at radius 3 is 2.47 bits per heavy atom. The van der Waals surface area contributed by atoms with Crippen LogP contribution in [-0.4, -0.2) is 12.5 Å². The zero-order valence-electron chi connectivity index (χ0n) is 8.92. The first-order valence-corrected chi connectivity index (χ1v) is 5.33. The highest BCUT2D eigenvalue weighted by molar-refractivity contribution is 5.94. The molecule has 1 aliphatic rings. The van der Waals surface area contributed by atoms with Gasteiger partial charge in [-0.3, -0.25) is 4.79 Å². The molecule has 3 nitrogen and oxygen atoms in total. The topological polar surface area (TPSA) is 55.1 Å². The predicted octanol–water partition coefficient (Wildman–Crippen LogP) is 1.38. The molecule has 0 saturated heterocycles. The molecule has 0 unspecified atom stereocenters. The summed E-state index contributed by atoms with van der Waals surface area (Å²) in [5.41, 5.74) is 7.77. The fourth-order valence-electron chi connectivity index (χ4n) is 1.64. The van der Waals surface area contributed by atoms with Gasteiger partial charge in [0.25, 0.3) is 5.91 Å². The Labute approximate surface area is 89.7 Å². The molecular weight excluding hydrogens is 188 g/mol. The average Bonchev–Trinajstić information content (AvgIpc) is 2.99. The molecule has 0 heterocycles. The second kappa shape index (κ2) is 3.66. The highest BCUT2D eigenvalue weighted by Crippen LogP contribution is 2.42. The molecule has 0 aromatic heterocycles. The van der Waals surface area contributed by atoms with Crippen molar-refractivity contribution in [2.24, 2.45) is 5.73 Å². The molecule has 0 bridgehead atoms. The summed E-state index contributed by atoms with van der Waals surface area (Å²) in [7, 11) is 0. The molecule has 0 atom stereocenters. The zero-order chi connectivity index (χ0) is 10.9. The highest BCUT2D eigenvalue weighted by Gasteiger charge is 2.39. The third kappa shape index (κ3) is 2.02. The Kier molecular flexibility index (Phi) is 2.49. The summed E-state index contributed by atoms with van der Waals surface area (Å²) in [6, 6.07) is 7.59. The second-order valence-electron chi connectivity index (χ2n) is 4.09. The Hall–Kier alpha value is -1.35. The van der Waals surface area contributed by atoms with Gasteiger partial charge in [-0.15, -0.1) is 0 Å². The van der Waals surface area contributed by atoms with E-state index in [9.17, 15) is 4.79 Å². The van der Waals surface area contributed by atoms with Gasteiger partial charge in [0.15, 0.2) is 0 Å². The Morgan fingerprint density at radius 2 is 2.00 bits per heavy atom. The van der Waals surface area contributed by atoms with Crippen LogP contribution in [0.5, 0.6) is 0 Å². The van der Waals surface area contributed by atoms with Crippen LogP contribution in [0.2, 0.25) is 0 Å². The second-order valence-corrected chi connectivity index (χ2v) is 4.09. The molecule has 2 rings (SSSR count). The van der Waals surface area contributed by atoms with Crippen LogP contribution in [-0.2, 0) is 5.54 Å². The van der Waals surface area contributed by atoms with Crippen molar-refractivity contribution in [2.45, 2.75) is 25.3 Å². The largest absolute Gasteiger partial charge is 0.352 e. The number of carbonyl (C=O) groups is 1. The van der Waals surface area contributed by atoms with E-state index in [1.165, 1.54) is 0 Å². The fourth-order valence-corrected chi connectivity index (χ4v) is 1.64. The molecule has 1 aliphatic carbocycles. The monoisotopic (exact) mass is 204 g/mol. The van der Waals surface area contributed by atoms with E-state index in [2.05, 4.69) is 5.32 Å². The number of hydrogen-bond donors (Lipinski definition) is 2. The maximum absolute atomic E-state index is 11.5. The molecule has 0 aliphatic heterocycles. The fraction of sp³-hybridized carbons (Fsp3) is 0.417. The summed E-state index contributed by atoms with van der Waals surface area (Å²) in [4.78, 5) is 11.5. The van der Waals surface area contributed by atoms with Crippen molar-refractivity contribution in [1.82, 2.24) is 5.32 Å². The number of rotatable bonds is 3. The molecule has 1 fully saturated rings.